The Kier molecular flexibility index (Phi) is 18.1. The van der Waals surface area contributed by atoms with E-state index < -0.39 is 15.8 Å². The molecule has 0 aliphatic rings. The van der Waals surface area contributed by atoms with Gasteiger partial charge >= 0.3 is 68.1 Å². The molecule has 0 bridgehead atoms. The van der Waals surface area contributed by atoms with Crippen LogP contribution in [0.4, 0.5) is 0 Å². The predicted molar refractivity (Wildman–Crippen MR) is 241 cm³/mol. The van der Waals surface area contributed by atoms with Crippen LogP contribution in [0.2, 0.25) is 0 Å². The Morgan fingerprint density at radius 3 is 0.542 bits per heavy atom. The Hall–Kier alpha value is -4.56. The number of carbonyl (C=O) groups is 6. The van der Waals surface area contributed by atoms with Crippen molar-refractivity contribution in [2.24, 2.45) is 0 Å². The van der Waals surface area contributed by atoms with Gasteiger partial charge in [-0.3, -0.25) is 0 Å². The van der Waals surface area contributed by atoms with Crippen LogP contribution in [0.25, 0.3) is 0 Å². The van der Waals surface area contributed by atoms with Crippen molar-refractivity contribution in [1.29, 1.82) is 0 Å². The minimum absolute atomic E-state index is 0.106. The number of benzene rings is 6. The Labute approximate surface area is 364 Å². The minimum atomic E-state index is -2.72. The van der Waals surface area contributed by atoms with E-state index >= 15 is 0 Å². The summed E-state index contributed by atoms with van der Waals surface area (Å²) in [5.41, 5.74) is 5.14. The predicted octanol–water partition coefficient (Wildman–Crippen LogP) is 12.7. The molecular weight excluding hydrogens is 912 g/mol. The molecule has 304 valence electrons. The number of carbonyl (C=O) groups excluding carboxylic acids is 6. The monoisotopic (exact) mass is 954 g/mol. The molecule has 0 N–H and O–H groups in total. The number of halogens is 2. The molecule has 6 aromatic carbocycles. The number of hydrogen-bond donors (Lipinski definition) is 0. The van der Waals surface area contributed by atoms with E-state index in [9.17, 15) is 28.8 Å². The molecule has 0 radical (unpaired) electrons. The second-order valence-corrected chi connectivity index (χ2v) is 20.2. The molecule has 0 fully saturated rings. The molecule has 0 atom stereocenters. The first-order chi connectivity index (χ1) is 28.2. The topological polar surface area (TPSA) is 102 Å². The van der Waals surface area contributed by atoms with Gasteiger partial charge in [0.15, 0.2) is 0 Å². The fraction of sp³-hybridized carbons (Fsp3) is 0.125. The number of hydrogen-bond acceptors (Lipinski definition) is 6. The zero-order valence-corrected chi connectivity index (χ0v) is 38.4. The molecule has 6 nitrogen and oxygen atoms in total. The third-order valence-corrected chi connectivity index (χ3v) is 14.0. The van der Waals surface area contributed by atoms with Crippen LogP contribution in [0.5, 0.6) is 0 Å². The third-order valence-electron chi connectivity index (χ3n) is 9.70. The van der Waals surface area contributed by atoms with Gasteiger partial charge in [0.2, 0.25) is 15.8 Å². The van der Waals surface area contributed by atoms with E-state index in [1.165, 1.54) is 0 Å². The first-order valence-corrected chi connectivity index (χ1v) is 25.4. The summed E-state index contributed by atoms with van der Waals surface area (Å²) in [4.78, 5) is 80.5. The summed E-state index contributed by atoms with van der Waals surface area (Å²) in [5.74, 6) is 0. The second-order valence-electron chi connectivity index (χ2n) is 13.7. The Balaban J connectivity index is 0.000000244. The molecule has 0 saturated carbocycles. The van der Waals surface area contributed by atoms with E-state index in [1.807, 2.05) is 114 Å². The van der Waals surface area contributed by atoms with E-state index in [1.54, 1.807) is 72.8 Å². The molecule has 59 heavy (non-hydrogen) atoms. The summed E-state index contributed by atoms with van der Waals surface area (Å²) >= 11 is -0.106. The van der Waals surface area contributed by atoms with Gasteiger partial charge in [0, 0.05) is 0 Å². The van der Waals surface area contributed by atoms with Gasteiger partial charge in [-0.1, -0.05) is 109 Å². The van der Waals surface area contributed by atoms with E-state index in [4.69, 9.17) is 19.1 Å². The van der Waals surface area contributed by atoms with Crippen molar-refractivity contribution in [2.45, 2.75) is 41.5 Å². The van der Waals surface area contributed by atoms with Crippen LogP contribution < -0.4 is 0 Å². The molecule has 6 rings (SSSR count). The SMILES string of the molecule is Cc1ccccc1C(=O)[PH+](C(=O)c1ccccc1C)C(=O)c1ccccc1C.Cc1ccccc1C(=O)[PH+](C(=O)c1ccccc1C)C(=O)c1ccccc1C.[Cl][Pd][Cl]. The van der Waals surface area contributed by atoms with E-state index in [0.717, 1.165) is 33.4 Å². The van der Waals surface area contributed by atoms with Crippen molar-refractivity contribution >= 4 is 68.0 Å². The zero-order chi connectivity index (χ0) is 43.2. The first-order valence-electron chi connectivity index (χ1n) is 18.4. The normalized spacial score (nSPS) is 10.5. The van der Waals surface area contributed by atoms with Gasteiger partial charge in [0.05, 0.1) is 33.4 Å². The maximum absolute atomic E-state index is 13.4. The molecule has 0 spiro atoms. The molecule has 0 unspecified atom stereocenters. The van der Waals surface area contributed by atoms with Crippen LogP contribution in [0, 0.1) is 41.5 Å². The van der Waals surface area contributed by atoms with Crippen LogP contribution in [-0.2, 0) is 15.9 Å². The molecule has 0 aliphatic heterocycles. The van der Waals surface area contributed by atoms with E-state index in [2.05, 4.69) is 0 Å². The Bertz CT molecular complexity index is 2070. The van der Waals surface area contributed by atoms with Crippen LogP contribution >= 0.6 is 34.9 Å². The molecule has 0 aromatic heterocycles. The Morgan fingerprint density at radius 1 is 0.305 bits per heavy atom. The summed E-state index contributed by atoms with van der Waals surface area (Å²) in [6, 6.07) is 42.7. The van der Waals surface area contributed by atoms with E-state index in [0.29, 0.717) is 33.4 Å². The third kappa shape index (κ3) is 11.8. The summed E-state index contributed by atoms with van der Waals surface area (Å²) in [5, 5.41) is 0. The first kappa shape index (κ1) is 47.1. The zero-order valence-electron chi connectivity index (χ0n) is 33.4. The van der Waals surface area contributed by atoms with Gasteiger partial charge in [0.1, 0.15) is 0 Å². The van der Waals surface area contributed by atoms with Crippen LogP contribution in [0.1, 0.15) is 95.5 Å². The Morgan fingerprint density at radius 2 is 0.424 bits per heavy atom. The molecule has 0 saturated heterocycles. The van der Waals surface area contributed by atoms with Crippen molar-refractivity contribution in [2.75, 3.05) is 0 Å². The van der Waals surface area contributed by atoms with Crippen molar-refractivity contribution in [3.05, 3.63) is 212 Å². The molecular formula is C48H44Cl2O6P2Pd+2. The summed E-state index contributed by atoms with van der Waals surface area (Å²) in [7, 11) is 4.19. The van der Waals surface area contributed by atoms with Crippen LogP contribution in [-0.4, -0.2) is 33.1 Å². The van der Waals surface area contributed by atoms with Gasteiger partial charge in [-0.05, 0) is 111 Å². The van der Waals surface area contributed by atoms with Crippen molar-refractivity contribution in [1.82, 2.24) is 0 Å². The van der Waals surface area contributed by atoms with Gasteiger partial charge in [-0.2, -0.15) is 0 Å². The average molecular weight is 956 g/mol. The van der Waals surface area contributed by atoms with E-state index in [-0.39, 0.29) is 49.1 Å². The summed E-state index contributed by atoms with van der Waals surface area (Å²) in [6.45, 7) is 10.9. The average Bonchev–Trinajstić information content (AvgIpc) is 3.22. The van der Waals surface area contributed by atoms with Crippen LogP contribution in [0.15, 0.2) is 146 Å². The second kappa shape index (κ2) is 22.7. The fourth-order valence-corrected chi connectivity index (χ4v) is 10.9. The van der Waals surface area contributed by atoms with Gasteiger partial charge < -0.3 is 0 Å². The molecule has 6 aromatic rings. The number of rotatable bonds is 12. The fourth-order valence-electron chi connectivity index (χ4n) is 6.39. The van der Waals surface area contributed by atoms with Gasteiger partial charge in [0.25, 0.3) is 0 Å². The van der Waals surface area contributed by atoms with Gasteiger partial charge in [-0.15, -0.1) is 0 Å². The van der Waals surface area contributed by atoms with Gasteiger partial charge in [-0.25, -0.2) is 28.8 Å². The molecule has 0 amide bonds. The van der Waals surface area contributed by atoms with Crippen molar-refractivity contribution < 1.29 is 44.7 Å². The molecule has 0 heterocycles. The van der Waals surface area contributed by atoms with Crippen LogP contribution in [0.3, 0.4) is 0 Å². The number of aryl methyl sites for hydroxylation is 6. The summed E-state index contributed by atoms with van der Waals surface area (Å²) in [6.07, 6.45) is 0. The van der Waals surface area contributed by atoms with Crippen molar-refractivity contribution in [3.63, 3.8) is 0 Å². The molecule has 11 heteroatoms. The summed E-state index contributed by atoms with van der Waals surface area (Å²) < 4.78 is 0. The standard InChI is InChI=1S/2C24H21O3P.2ClH.Pd/c2*1-16-10-4-7-13-19(16)22(25)28(23(26)20-14-8-5-11-17(20)2)24(27)21-15-9-6-12-18(21)3;;;/h2*4-15H,1-3H3;2*1H;/q;;;;+2. The van der Waals surface area contributed by atoms with Crippen molar-refractivity contribution in [3.8, 4) is 0 Å². The molecule has 0 aliphatic carbocycles. The maximum atomic E-state index is 13.4. The quantitative estimate of drug-likeness (QED) is 0.0894.